The fourth-order valence-electron chi connectivity index (χ4n) is 1.65. The van der Waals surface area contributed by atoms with Crippen LogP contribution in [0.5, 0.6) is 0 Å². The first-order valence-electron chi connectivity index (χ1n) is 5.15. The predicted octanol–water partition coefficient (Wildman–Crippen LogP) is 3.19. The number of hydrogen-bond donors (Lipinski definition) is 0. The highest BCUT2D eigenvalue weighted by molar-refractivity contribution is 9.09. The Labute approximate surface area is 117 Å². The van der Waals surface area contributed by atoms with E-state index in [1.165, 1.54) is 0 Å². The Kier molecular flexibility index (Phi) is 4.00. The highest BCUT2D eigenvalue weighted by Gasteiger charge is 2.39. The molecule has 0 aliphatic carbocycles. The molecule has 1 unspecified atom stereocenters. The van der Waals surface area contributed by atoms with Gasteiger partial charge in [-0.2, -0.15) is 0 Å². The lowest BCUT2D eigenvalue weighted by atomic mass is 10.0. The van der Waals surface area contributed by atoms with E-state index in [1.807, 2.05) is 0 Å². The predicted molar refractivity (Wildman–Crippen MR) is 72.2 cm³/mol. The van der Waals surface area contributed by atoms with Crippen LogP contribution in [0.1, 0.15) is 22.8 Å². The zero-order valence-electron chi connectivity index (χ0n) is 9.20. The number of thioether (sulfide) groups is 1. The van der Waals surface area contributed by atoms with Gasteiger partial charge in [0.1, 0.15) is 0 Å². The van der Waals surface area contributed by atoms with Gasteiger partial charge in [-0.3, -0.25) is 4.98 Å². The van der Waals surface area contributed by atoms with Crippen LogP contribution in [0, 0.1) is 0 Å². The van der Waals surface area contributed by atoms with E-state index in [0.29, 0.717) is 17.5 Å². The Balaban J connectivity index is 2.43. The highest BCUT2D eigenvalue weighted by atomic mass is 79.9. The van der Waals surface area contributed by atoms with Gasteiger partial charge in [-0.15, -0.1) is 23.4 Å². The summed E-state index contributed by atoms with van der Waals surface area (Å²) in [5.41, 5.74) is 1.42. The van der Waals surface area contributed by atoms with Gasteiger partial charge in [0.05, 0.1) is 17.0 Å². The van der Waals surface area contributed by atoms with Crippen LogP contribution < -0.4 is 0 Å². The molecule has 1 aromatic heterocycles. The molecule has 2 rings (SSSR count). The topological polar surface area (TPSA) is 39.2 Å². The second kappa shape index (κ2) is 5.16. The van der Waals surface area contributed by atoms with Gasteiger partial charge in [-0.1, -0.05) is 15.9 Å². The molecule has 1 aliphatic rings. The number of esters is 1. The molecule has 0 saturated carbocycles. The molecule has 92 valence electrons. The molecule has 3 nitrogen and oxygen atoms in total. The number of rotatable bonds is 3. The zero-order chi connectivity index (χ0) is 12.5. The molecule has 0 aromatic carbocycles. The summed E-state index contributed by atoms with van der Waals surface area (Å²) in [4.78, 5) is 16.3. The molecule has 0 amide bonds. The maximum absolute atomic E-state index is 11.8. The second-order valence-corrected chi connectivity index (χ2v) is 5.94. The van der Waals surface area contributed by atoms with Crippen molar-refractivity contribution in [2.45, 2.75) is 16.7 Å². The molecular weight excluding hydrogens is 326 g/mol. The van der Waals surface area contributed by atoms with Crippen LogP contribution in [0.2, 0.25) is 0 Å². The first-order chi connectivity index (χ1) is 8.12. The average Bonchev–Trinajstić information content (AvgIpc) is 2.68. The van der Waals surface area contributed by atoms with Crippen molar-refractivity contribution in [2.24, 2.45) is 0 Å². The molecule has 0 radical (unpaired) electrons. The average molecular weight is 337 g/mol. The van der Waals surface area contributed by atoms with E-state index in [9.17, 15) is 4.79 Å². The van der Waals surface area contributed by atoms with Gasteiger partial charge < -0.3 is 4.74 Å². The minimum absolute atomic E-state index is 0.333. The van der Waals surface area contributed by atoms with Gasteiger partial charge in [0.25, 0.3) is 0 Å². The van der Waals surface area contributed by atoms with Gasteiger partial charge in [0, 0.05) is 33.9 Å². The molecule has 2 heterocycles. The van der Waals surface area contributed by atoms with Crippen LogP contribution in [-0.4, -0.2) is 28.6 Å². The summed E-state index contributed by atoms with van der Waals surface area (Å²) in [6.07, 6.45) is 3.27. The number of hydrogen-bond acceptors (Lipinski definition) is 4. The summed E-state index contributed by atoms with van der Waals surface area (Å²) in [5, 5.41) is 0.634. The van der Waals surface area contributed by atoms with E-state index in [2.05, 4.69) is 20.9 Å². The maximum Gasteiger partial charge on any atom is 0.340 e. The van der Waals surface area contributed by atoms with Gasteiger partial charge >= 0.3 is 5.97 Å². The van der Waals surface area contributed by atoms with Crippen molar-refractivity contribution in [3.63, 3.8) is 0 Å². The van der Waals surface area contributed by atoms with E-state index in [1.54, 1.807) is 31.1 Å². The van der Waals surface area contributed by atoms with E-state index in [0.717, 1.165) is 16.2 Å². The number of halogens is 2. The van der Waals surface area contributed by atoms with Crippen molar-refractivity contribution in [3.05, 3.63) is 23.5 Å². The lowest BCUT2D eigenvalue weighted by Gasteiger charge is -2.17. The quantitative estimate of drug-likeness (QED) is 0.628. The first kappa shape index (κ1) is 13.2. The fraction of sp³-hybridized carbons (Fsp3) is 0.455. The number of nitrogens with zero attached hydrogens (tertiary/aromatic N) is 1. The Bertz CT molecular complexity index is 457. The van der Waals surface area contributed by atoms with Gasteiger partial charge in [0.2, 0.25) is 0 Å². The first-order valence-corrected chi connectivity index (χ1v) is 7.64. The number of fused-ring (bicyclic) bond motifs is 1. The molecule has 1 atom stereocenters. The second-order valence-electron chi connectivity index (χ2n) is 3.67. The molecule has 17 heavy (non-hydrogen) atoms. The van der Waals surface area contributed by atoms with Crippen LogP contribution in [-0.2, 0) is 9.61 Å². The minimum atomic E-state index is -0.477. The number of ether oxygens (including phenoxy) is 1. The Hall–Kier alpha value is -0.260. The third-order valence-electron chi connectivity index (χ3n) is 2.53. The molecule has 0 N–H and O–H groups in total. The van der Waals surface area contributed by atoms with Gasteiger partial charge in [-0.05, 0) is 6.92 Å². The van der Waals surface area contributed by atoms with Crippen molar-refractivity contribution in [3.8, 4) is 0 Å². The van der Waals surface area contributed by atoms with Crippen molar-refractivity contribution >= 4 is 45.3 Å². The molecule has 6 heteroatoms. The van der Waals surface area contributed by atoms with E-state index in [4.69, 9.17) is 16.3 Å². The summed E-state index contributed by atoms with van der Waals surface area (Å²) in [7, 11) is 0. The lowest BCUT2D eigenvalue weighted by molar-refractivity contribution is 0.0521. The van der Waals surface area contributed by atoms with Crippen molar-refractivity contribution in [1.29, 1.82) is 0 Å². The summed E-state index contributed by atoms with van der Waals surface area (Å²) in [6.45, 7) is 2.14. The number of carbonyl (C=O) groups is 1. The molecule has 1 aliphatic heterocycles. The zero-order valence-corrected chi connectivity index (χ0v) is 12.4. The molecule has 1 aromatic rings. The molecule has 0 saturated heterocycles. The smallest absolute Gasteiger partial charge is 0.340 e. The van der Waals surface area contributed by atoms with E-state index >= 15 is 0 Å². The number of carbonyl (C=O) groups excluding carboxylic acids is 1. The van der Waals surface area contributed by atoms with Crippen LogP contribution in [0.4, 0.5) is 0 Å². The van der Waals surface area contributed by atoms with Crippen LogP contribution in [0.3, 0.4) is 0 Å². The normalized spacial score (nSPS) is 22.3. The summed E-state index contributed by atoms with van der Waals surface area (Å²) in [5.74, 6) is 0.396. The molecule has 0 fully saturated rings. The summed E-state index contributed by atoms with van der Waals surface area (Å²) >= 11 is 11.5. The molecule has 0 spiro atoms. The third-order valence-corrected chi connectivity index (χ3v) is 5.81. The summed E-state index contributed by atoms with van der Waals surface area (Å²) in [6, 6.07) is 0. The largest absolute Gasteiger partial charge is 0.462 e. The van der Waals surface area contributed by atoms with Crippen LogP contribution >= 0.6 is 39.3 Å². The Morgan fingerprint density at radius 1 is 1.71 bits per heavy atom. The van der Waals surface area contributed by atoms with Gasteiger partial charge in [-0.25, -0.2) is 4.79 Å². The van der Waals surface area contributed by atoms with Crippen molar-refractivity contribution < 1.29 is 9.53 Å². The van der Waals surface area contributed by atoms with Crippen molar-refractivity contribution in [1.82, 2.24) is 4.98 Å². The highest BCUT2D eigenvalue weighted by Crippen LogP contribution is 2.48. The number of aromatic nitrogens is 1. The molecular formula is C11H11BrClNO2S. The monoisotopic (exact) mass is 335 g/mol. The van der Waals surface area contributed by atoms with Crippen molar-refractivity contribution in [2.75, 3.05) is 17.7 Å². The minimum Gasteiger partial charge on any atom is -0.462 e. The maximum atomic E-state index is 11.8. The SMILES string of the molecule is CCOC(=O)c1cncc2c1SCC2(Cl)CBr. The fourth-order valence-corrected chi connectivity index (χ4v) is 4.10. The Morgan fingerprint density at radius 3 is 3.12 bits per heavy atom. The van der Waals surface area contributed by atoms with Crippen LogP contribution in [0.15, 0.2) is 17.3 Å². The number of alkyl halides is 2. The third kappa shape index (κ3) is 2.33. The van der Waals surface area contributed by atoms with Gasteiger partial charge in [0.15, 0.2) is 0 Å². The molecule has 0 bridgehead atoms. The van der Waals surface area contributed by atoms with E-state index in [-0.39, 0.29) is 5.97 Å². The number of pyridine rings is 1. The summed E-state index contributed by atoms with van der Waals surface area (Å²) < 4.78 is 5.01. The lowest BCUT2D eigenvalue weighted by Crippen LogP contribution is -2.20. The van der Waals surface area contributed by atoms with Crippen LogP contribution in [0.25, 0.3) is 0 Å². The van der Waals surface area contributed by atoms with E-state index < -0.39 is 4.87 Å². The standard InChI is InChI=1S/C11H11BrClNO2S/c1-2-16-10(15)7-3-14-4-8-9(7)17-6-11(8,13)5-12/h3-4H,2,5-6H2,1H3. The Morgan fingerprint density at radius 2 is 2.47 bits per heavy atom.